The highest BCUT2D eigenvalue weighted by Gasteiger charge is 2.04. The van der Waals surface area contributed by atoms with E-state index in [1.165, 1.54) is 4.88 Å². The van der Waals surface area contributed by atoms with Crippen molar-refractivity contribution in [3.63, 3.8) is 0 Å². The number of rotatable bonds is 6. The van der Waals surface area contributed by atoms with Crippen LogP contribution in [0.2, 0.25) is 0 Å². The molecule has 1 nitrogen and oxygen atoms in total. The number of halogens is 2. The summed E-state index contributed by atoms with van der Waals surface area (Å²) in [6.45, 7) is 2.79. The second kappa shape index (κ2) is 6.66. The highest BCUT2D eigenvalue weighted by Crippen LogP contribution is 2.11. The van der Waals surface area contributed by atoms with Gasteiger partial charge in [-0.15, -0.1) is 34.5 Å². The molecule has 0 aliphatic carbocycles. The van der Waals surface area contributed by atoms with Crippen LogP contribution >= 0.6 is 34.5 Å². The van der Waals surface area contributed by atoms with Gasteiger partial charge in [0.15, 0.2) is 0 Å². The molecule has 13 heavy (non-hydrogen) atoms. The molecule has 1 rings (SSSR count). The van der Waals surface area contributed by atoms with Gasteiger partial charge in [-0.1, -0.05) is 6.07 Å². The molecular weight excluding hydrogens is 225 g/mol. The zero-order valence-corrected chi connectivity index (χ0v) is 9.71. The maximum atomic E-state index is 5.69. The molecule has 0 aromatic carbocycles. The van der Waals surface area contributed by atoms with Crippen LogP contribution in [0.5, 0.6) is 0 Å². The predicted molar refractivity (Wildman–Crippen MR) is 61.0 cm³/mol. The van der Waals surface area contributed by atoms with Gasteiger partial charge in [0.05, 0.1) is 0 Å². The Hall–Kier alpha value is 0.240. The Balaban J connectivity index is 2.37. The standard InChI is InChI=1S/C9H13Cl2NS/c10-3-5-12(6-4-11)8-9-2-1-7-13-9/h1-2,7H,3-6,8H2. The summed E-state index contributed by atoms with van der Waals surface area (Å²) in [5.41, 5.74) is 0. The van der Waals surface area contributed by atoms with Crippen molar-refractivity contribution >= 4 is 34.5 Å². The molecule has 0 unspecified atom stereocenters. The molecule has 4 heteroatoms. The first kappa shape index (κ1) is 11.3. The van der Waals surface area contributed by atoms with Gasteiger partial charge in [0.2, 0.25) is 0 Å². The van der Waals surface area contributed by atoms with E-state index in [2.05, 4.69) is 22.4 Å². The normalized spacial score (nSPS) is 11.0. The SMILES string of the molecule is ClCCN(CCCl)Cc1cccs1. The van der Waals surface area contributed by atoms with Crippen LogP contribution in [0, 0.1) is 0 Å². The minimum Gasteiger partial charge on any atom is -0.296 e. The quantitative estimate of drug-likeness (QED) is 0.688. The Morgan fingerprint density at radius 2 is 1.92 bits per heavy atom. The lowest BCUT2D eigenvalue weighted by Gasteiger charge is -2.18. The first-order valence-electron chi connectivity index (χ1n) is 4.23. The molecule has 0 spiro atoms. The van der Waals surface area contributed by atoms with Gasteiger partial charge < -0.3 is 0 Å². The molecule has 0 saturated carbocycles. The molecule has 0 N–H and O–H groups in total. The van der Waals surface area contributed by atoms with E-state index in [9.17, 15) is 0 Å². The fourth-order valence-electron chi connectivity index (χ4n) is 1.13. The Morgan fingerprint density at radius 3 is 2.38 bits per heavy atom. The zero-order valence-electron chi connectivity index (χ0n) is 7.38. The highest BCUT2D eigenvalue weighted by atomic mass is 35.5. The Bertz CT molecular complexity index is 207. The fraction of sp³-hybridized carbons (Fsp3) is 0.556. The largest absolute Gasteiger partial charge is 0.296 e. The van der Waals surface area contributed by atoms with Crippen LogP contribution in [0.25, 0.3) is 0 Å². The molecule has 0 aliphatic rings. The number of hydrogen-bond acceptors (Lipinski definition) is 2. The monoisotopic (exact) mass is 237 g/mol. The molecule has 1 aromatic heterocycles. The maximum absolute atomic E-state index is 5.69. The fourth-order valence-corrected chi connectivity index (χ4v) is 2.36. The second-order valence-electron chi connectivity index (χ2n) is 2.73. The number of alkyl halides is 2. The average molecular weight is 238 g/mol. The van der Waals surface area contributed by atoms with Crippen LogP contribution in [-0.2, 0) is 6.54 Å². The summed E-state index contributed by atoms with van der Waals surface area (Å²) in [6.07, 6.45) is 0. The van der Waals surface area contributed by atoms with Gasteiger partial charge >= 0.3 is 0 Å². The zero-order chi connectivity index (χ0) is 9.52. The molecule has 0 saturated heterocycles. The summed E-state index contributed by atoms with van der Waals surface area (Å²) in [5.74, 6) is 1.34. The summed E-state index contributed by atoms with van der Waals surface area (Å²) < 4.78 is 0. The van der Waals surface area contributed by atoms with E-state index in [0.717, 1.165) is 19.6 Å². The van der Waals surface area contributed by atoms with E-state index < -0.39 is 0 Å². The van der Waals surface area contributed by atoms with Gasteiger partial charge in [-0.25, -0.2) is 0 Å². The van der Waals surface area contributed by atoms with Crippen molar-refractivity contribution in [2.45, 2.75) is 6.54 Å². The third kappa shape index (κ3) is 4.32. The van der Waals surface area contributed by atoms with Gasteiger partial charge in [0.25, 0.3) is 0 Å². The number of thiophene rings is 1. The van der Waals surface area contributed by atoms with E-state index in [1.807, 2.05) is 0 Å². The molecule has 1 aromatic rings. The van der Waals surface area contributed by atoms with Crippen molar-refractivity contribution in [2.75, 3.05) is 24.8 Å². The lowest BCUT2D eigenvalue weighted by Crippen LogP contribution is -2.26. The van der Waals surface area contributed by atoms with Crippen molar-refractivity contribution in [1.29, 1.82) is 0 Å². The molecular formula is C9H13Cl2NS. The summed E-state index contributed by atoms with van der Waals surface area (Å²) in [7, 11) is 0. The minimum absolute atomic E-state index is 0.669. The van der Waals surface area contributed by atoms with Crippen molar-refractivity contribution < 1.29 is 0 Å². The first-order chi connectivity index (χ1) is 6.36. The maximum Gasteiger partial charge on any atom is 0.0351 e. The average Bonchev–Trinajstić information content (AvgIpc) is 2.58. The second-order valence-corrected chi connectivity index (χ2v) is 4.52. The molecule has 0 radical (unpaired) electrons. The van der Waals surface area contributed by atoms with Crippen molar-refractivity contribution in [3.8, 4) is 0 Å². The van der Waals surface area contributed by atoms with E-state index in [1.54, 1.807) is 11.3 Å². The smallest absolute Gasteiger partial charge is 0.0351 e. The van der Waals surface area contributed by atoms with Gasteiger partial charge in [0.1, 0.15) is 0 Å². The van der Waals surface area contributed by atoms with Crippen LogP contribution in [-0.4, -0.2) is 29.7 Å². The van der Waals surface area contributed by atoms with Crippen LogP contribution in [0.15, 0.2) is 17.5 Å². The van der Waals surface area contributed by atoms with Crippen LogP contribution in [0.4, 0.5) is 0 Å². The van der Waals surface area contributed by atoms with E-state index >= 15 is 0 Å². The summed E-state index contributed by atoms with van der Waals surface area (Å²) in [4.78, 5) is 3.64. The van der Waals surface area contributed by atoms with Gasteiger partial charge in [-0.3, -0.25) is 4.90 Å². The molecule has 0 bridgehead atoms. The Morgan fingerprint density at radius 1 is 1.23 bits per heavy atom. The van der Waals surface area contributed by atoms with Crippen molar-refractivity contribution in [3.05, 3.63) is 22.4 Å². The van der Waals surface area contributed by atoms with Crippen molar-refractivity contribution in [1.82, 2.24) is 4.90 Å². The van der Waals surface area contributed by atoms with Gasteiger partial charge in [0, 0.05) is 36.3 Å². The first-order valence-corrected chi connectivity index (χ1v) is 6.18. The number of nitrogens with zero attached hydrogens (tertiary/aromatic N) is 1. The van der Waals surface area contributed by atoms with Crippen LogP contribution in [0.3, 0.4) is 0 Å². The lowest BCUT2D eigenvalue weighted by molar-refractivity contribution is 0.302. The minimum atomic E-state index is 0.669. The molecule has 1 heterocycles. The highest BCUT2D eigenvalue weighted by molar-refractivity contribution is 7.09. The molecule has 0 atom stereocenters. The Labute approximate surface area is 93.3 Å². The third-order valence-corrected chi connectivity index (χ3v) is 2.96. The van der Waals surface area contributed by atoms with Crippen molar-refractivity contribution in [2.24, 2.45) is 0 Å². The molecule has 0 fully saturated rings. The van der Waals surface area contributed by atoms with Crippen LogP contribution in [0.1, 0.15) is 4.88 Å². The van der Waals surface area contributed by atoms with Gasteiger partial charge in [-0.2, -0.15) is 0 Å². The summed E-state index contributed by atoms with van der Waals surface area (Å²) >= 11 is 13.2. The number of hydrogen-bond donors (Lipinski definition) is 0. The van der Waals surface area contributed by atoms with Gasteiger partial charge in [-0.05, 0) is 11.4 Å². The Kier molecular flexibility index (Phi) is 5.80. The molecule has 74 valence electrons. The van der Waals surface area contributed by atoms with E-state index in [0.29, 0.717) is 11.8 Å². The summed E-state index contributed by atoms with van der Waals surface area (Å²) in [5, 5.41) is 2.09. The predicted octanol–water partition coefficient (Wildman–Crippen LogP) is 3.03. The third-order valence-electron chi connectivity index (χ3n) is 1.76. The summed E-state index contributed by atoms with van der Waals surface area (Å²) in [6, 6.07) is 4.21. The van der Waals surface area contributed by atoms with E-state index in [-0.39, 0.29) is 0 Å². The topological polar surface area (TPSA) is 3.24 Å². The molecule has 0 amide bonds. The van der Waals surface area contributed by atoms with E-state index in [4.69, 9.17) is 23.2 Å². The molecule has 0 aliphatic heterocycles. The lowest BCUT2D eigenvalue weighted by atomic mass is 10.4. The van der Waals surface area contributed by atoms with Crippen LogP contribution < -0.4 is 0 Å².